The zero-order chi connectivity index (χ0) is 11.4. The molecule has 1 aliphatic rings. The Morgan fingerprint density at radius 3 is 2.80 bits per heavy atom. The van der Waals surface area contributed by atoms with Gasteiger partial charge in [0, 0.05) is 6.54 Å². The third-order valence-electron chi connectivity index (χ3n) is 2.60. The Morgan fingerprint density at radius 1 is 1.60 bits per heavy atom. The number of amides is 2. The highest BCUT2D eigenvalue weighted by Gasteiger charge is 2.28. The Kier molecular flexibility index (Phi) is 4.05. The molecule has 2 unspecified atom stereocenters. The van der Waals surface area contributed by atoms with E-state index in [-0.39, 0.29) is 11.9 Å². The Bertz CT molecular complexity index is 256. The lowest BCUT2D eigenvalue weighted by molar-refractivity contribution is -0.140. The first-order valence-corrected chi connectivity index (χ1v) is 5.10. The van der Waals surface area contributed by atoms with Gasteiger partial charge in [-0.15, -0.1) is 0 Å². The summed E-state index contributed by atoms with van der Waals surface area (Å²) >= 11 is 0. The molecule has 1 fully saturated rings. The third kappa shape index (κ3) is 2.90. The largest absolute Gasteiger partial charge is 0.368 e. The molecule has 1 heterocycles. The summed E-state index contributed by atoms with van der Waals surface area (Å²) in [6, 6.07) is -0.684. The van der Waals surface area contributed by atoms with E-state index in [0.29, 0.717) is 13.0 Å². The summed E-state index contributed by atoms with van der Waals surface area (Å²) in [6.45, 7) is 2.40. The summed E-state index contributed by atoms with van der Waals surface area (Å²) in [4.78, 5) is 22.7. The smallest absolute Gasteiger partial charge is 0.253 e. The molecule has 1 aliphatic heterocycles. The van der Waals surface area contributed by atoms with E-state index >= 15 is 0 Å². The van der Waals surface area contributed by atoms with E-state index in [0.717, 1.165) is 6.42 Å². The van der Waals surface area contributed by atoms with Gasteiger partial charge in [-0.25, -0.2) is 5.43 Å². The van der Waals surface area contributed by atoms with Gasteiger partial charge in [0.1, 0.15) is 6.04 Å². The minimum absolute atomic E-state index is 0.0662. The highest BCUT2D eigenvalue weighted by Crippen LogP contribution is 2.07. The summed E-state index contributed by atoms with van der Waals surface area (Å²) in [6.07, 6.45) is 1.48. The second kappa shape index (κ2) is 5.09. The second-order valence-corrected chi connectivity index (χ2v) is 3.73. The van der Waals surface area contributed by atoms with Crippen molar-refractivity contribution >= 4 is 11.8 Å². The summed E-state index contributed by atoms with van der Waals surface area (Å²) in [7, 11) is 1.72. The van der Waals surface area contributed by atoms with E-state index in [1.54, 1.807) is 14.0 Å². The number of likely N-dealkylation sites (N-methyl/N-ethyl adjacent to an activating group) is 1. The number of carbonyl (C=O) groups excluding carboxylic acids is 2. The summed E-state index contributed by atoms with van der Waals surface area (Å²) in [5.41, 5.74) is 8.02. The van der Waals surface area contributed by atoms with E-state index in [9.17, 15) is 9.59 Å². The van der Waals surface area contributed by atoms with Crippen LogP contribution in [0.25, 0.3) is 0 Å². The first-order chi connectivity index (χ1) is 7.06. The van der Waals surface area contributed by atoms with Crippen molar-refractivity contribution in [1.82, 2.24) is 15.8 Å². The molecule has 6 heteroatoms. The zero-order valence-electron chi connectivity index (χ0n) is 9.12. The number of nitrogens with zero attached hydrogens (tertiary/aromatic N) is 1. The fourth-order valence-electron chi connectivity index (χ4n) is 1.51. The lowest BCUT2D eigenvalue weighted by Crippen LogP contribution is -2.59. The highest BCUT2D eigenvalue weighted by molar-refractivity contribution is 5.83. The molecule has 4 N–H and O–H groups in total. The van der Waals surface area contributed by atoms with Gasteiger partial charge in [0.2, 0.25) is 5.91 Å². The Morgan fingerprint density at radius 2 is 2.27 bits per heavy atom. The van der Waals surface area contributed by atoms with Gasteiger partial charge in [-0.05, 0) is 26.8 Å². The molecule has 2 amide bonds. The van der Waals surface area contributed by atoms with Crippen LogP contribution in [0.1, 0.15) is 19.8 Å². The number of hydrogen-bond acceptors (Lipinski definition) is 4. The van der Waals surface area contributed by atoms with Crippen molar-refractivity contribution in [3.8, 4) is 0 Å². The van der Waals surface area contributed by atoms with Crippen LogP contribution in [0.15, 0.2) is 0 Å². The number of hydrogen-bond donors (Lipinski definition) is 3. The maximum Gasteiger partial charge on any atom is 0.253 e. The molecular weight excluding hydrogens is 196 g/mol. The first-order valence-electron chi connectivity index (χ1n) is 5.10. The summed E-state index contributed by atoms with van der Waals surface area (Å²) in [5.74, 6) is -0.479. The van der Waals surface area contributed by atoms with Crippen molar-refractivity contribution in [3.63, 3.8) is 0 Å². The van der Waals surface area contributed by atoms with Crippen molar-refractivity contribution in [2.75, 3.05) is 13.6 Å². The Hall–Kier alpha value is -1.14. The number of carbonyl (C=O) groups is 2. The van der Waals surface area contributed by atoms with Crippen LogP contribution in [0.2, 0.25) is 0 Å². The summed E-state index contributed by atoms with van der Waals surface area (Å²) < 4.78 is 0. The van der Waals surface area contributed by atoms with Crippen LogP contribution >= 0.6 is 0 Å². The molecule has 0 radical (unpaired) electrons. The molecule has 0 saturated carbocycles. The molecule has 0 aliphatic carbocycles. The lowest BCUT2D eigenvalue weighted by Gasteiger charge is -2.33. The molecule has 0 aromatic heterocycles. The van der Waals surface area contributed by atoms with E-state index in [1.807, 2.05) is 0 Å². The van der Waals surface area contributed by atoms with Gasteiger partial charge in [-0.3, -0.25) is 14.6 Å². The predicted molar refractivity (Wildman–Crippen MR) is 55.6 cm³/mol. The van der Waals surface area contributed by atoms with Gasteiger partial charge in [-0.1, -0.05) is 0 Å². The number of hydrazine groups is 1. The van der Waals surface area contributed by atoms with Gasteiger partial charge in [-0.2, -0.15) is 0 Å². The molecule has 6 nitrogen and oxygen atoms in total. The second-order valence-electron chi connectivity index (χ2n) is 3.73. The van der Waals surface area contributed by atoms with Crippen LogP contribution in [-0.4, -0.2) is 42.5 Å². The van der Waals surface area contributed by atoms with Crippen LogP contribution in [0, 0.1) is 0 Å². The van der Waals surface area contributed by atoms with Crippen LogP contribution in [0.4, 0.5) is 0 Å². The van der Waals surface area contributed by atoms with Crippen molar-refractivity contribution < 1.29 is 9.59 Å². The fraction of sp³-hybridized carbons (Fsp3) is 0.778. The zero-order valence-corrected chi connectivity index (χ0v) is 9.12. The lowest BCUT2D eigenvalue weighted by atomic mass is 10.1. The first kappa shape index (κ1) is 11.9. The van der Waals surface area contributed by atoms with Crippen molar-refractivity contribution in [3.05, 3.63) is 0 Å². The molecule has 0 aromatic rings. The average molecular weight is 214 g/mol. The van der Waals surface area contributed by atoms with E-state index < -0.39 is 11.9 Å². The normalized spacial score (nSPS) is 23.6. The van der Waals surface area contributed by atoms with Gasteiger partial charge in [0.05, 0.1) is 6.04 Å². The maximum absolute atomic E-state index is 11.7. The molecule has 86 valence electrons. The molecule has 1 rings (SSSR count). The quantitative estimate of drug-likeness (QED) is 0.538. The number of nitrogens with two attached hydrogens (primary N) is 1. The van der Waals surface area contributed by atoms with Crippen molar-refractivity contribution in [2.45, 2.75) is 31.8 Å². The number of rotatable bonds is 3. The predicted octanol–water partition coefficient (Wildman–Crippen LogP) is -1.42. The van der Waals surface area contributed by atoms with Gasteiger partial charge < -0.3 is 11.1 Å². The van der Waals surface area contributed by atoms with Crippen molar-refractivity contribution in [1.29, 1.82) is 0 Å². The minimum atomic E-state index is -0.424. The molecular formula is C9H18N4O2. The standard InChI is InChI=1S/C9H18N4O2/c1-6(11-2)9(15)13-5-3-4-7(12-13)8(10)14/h6-7,11-12H,3-5H2,1-2H3,(H2,10,14). The fourth-order valence-corrected chi connectivity index (χ4v) is 1.51. The summed E-state index contributed by atoms with van der Waals surface area (Å²) in [5, 5.41) is 4.33. The van der Waals surface area contributed by atoms with E-state index in [4.69, 9.17) is 5.73 Å². The maximum atomic E-state index is 11.7. The molecule has 2 atom stereocenters. The van der Waals surface area contributed by atoms with Gasteiger partial charge in [0.25, 0.3) is 5.91 Å². The van der Waals surface area contributed by atoms with Crippen LogP contribution < -0.4 is 16.5 Å². The SMILES string of the molecule is CNC(C)C(=O)N1CCCC(C(N)=O)N1. The Balaban J connectivity index is 2.56. The average Bonchev–Trinajstić information content (AvgIpc) is 2.27. The number of nitrogens with one attached hydrogen (secondary N) is 2. The molecule has 0 aromatic carbocycles. The van der Waals surface area contributed by atoms with Crippen LogP contribution in [-0.2, 0) is 9.59 Å². The van der Waals surface area contributed by atoms with Crippen LogP contribution in [0.3, 0.4) is 0 Å². The minimum Gasteiger partial charge on any atom is -0.368 e. The monoisotopic (exact) mass is 214 g/mol. The molecule has 1 saturated heterocycles. The molecule has 0 bridgehead atoms. The topological polar surface area (TPSA) is 87.5 Å². The van der Waals surface area contributed by atoms with Gasteiger partial charge in [0.15, 0.2) is 0 Å². The van der Waals surface area contributed by atoms with Gasteiger partial charge >= 0.3 is 0 Å². The van der Waals surface area contributed by atoms with E-state index in [1.165, 1.54) is 5.01 Å². The van der Waals surface area contributed by atoms with Crippen LogP contribution in [0.5, 0.6) is 0 Å². The van der Waals surface area contributed by atoms with Crippen molar-refractivity contribution in [2.24, 2.45) is 5.73 Å². The van der Waals surface area contributed by atoms with E-state index in [2.05, 4.69) is 10.7 Å². The number of primary amides is 1. The third-order valence-corrected chi connectivity index (χ3v) is 2.60. The molecule has 0 spiro atoms. The molecule has 15 heavy (non-hydrogen) atoms. The Labute approximate surface area is 89.1 Å². The highest BCUT2D eigenvalue weighted by atomic mass is 16.2.